The van der Waals surface area contributed by atoms with Gasteiger partial charge in [0.15, 0.2) is 5.78 Å². The number of hydrogen-bond acceptors (Lipinski definition) is 3. The van der Waals surface area contributed by atoms with Crippen LogP contribution in [0.5, 0.6) is 5.75 Å². The summed E-state index contributed by atoms with van der Waals surface area (Å²) in [5.74, 6) is 0.964. The molecule has 0 aliphatic carbocycles. The summed E-state index contributed by atoms with van der Waals surface area (Å²) in [4.78, 5) is 14.8. The average Bonchev–Trinajstić information content (AvgIpc) is 2.89. The second-order valence-electron chi connectivity index (χ2n) is 5.71. The van der Waals surface area contributed by atoms with Crippen LogP contribution in [-0.2, 0) is 0 Å². The highest BCUT2D eigenvalue weighted by Crippen LogP contribution is 2.26. The molecule has 1 saturated heterocycles. The number of Topliss-reactive ketones (excluding diaryl/α,β-unsaturated/α-hetero) is 1. The van der Waals surface area contributed by atoms with Crippen LogP contribution in [0.2, 0.25) is 0 Å². The van der Waals surface area contributed by atoms with Gasteiger partial charge in [0.1, 0.15) is 5.75 Å². The molecule has 1 aromatic rings. The van der Waals surface area contributed by atoms with E-state index in [0.29, 0.717) is 13.2 Å². The molecule has 0 spiro atoms. The van der Waals surface area contributed by atoms with Gasteiger partial charge in [-0.25, -0.2) is 0 Å². The molecule has 1 fully saturated rings. The summed E-state index contributed by atoms with van der Waals surface area (Å²) in [6.07, 6.45) is 3.37. The van der Waals surface area contributed by atoms with Crippen LogP contribution in [0.1, 0.15) is 47.7 Å². The largest absolute Gasteiger partial charge is 0.493 e. The monoisotopic (exact) mass is 275 g/mol. The maximum atomic E-state index is 12.6. The lowest BCUT2D eigenvalue weighted by molar-refractivity contribution is 0.0941. The van der Waals surface area contributed by atoms with E-state index in [1.165, 1.54) is 12.8 Å². The molecule has 2 rings (SSSR count). The molecule has 3 nitrogen and oxygen atoms in total. The zero-order valence-corrected chi connectivity index (χ0v) is 12.9. The number of ether oxygens (including phenoxy) is 1. The summed E-state index contributed by atoms with van der Waals surface area (Å²) < 4.78 is 5.82. The van der Waals surface area contributed by atoms with Crippen molar-refractivity contribution in [2.75, 3.05) is 26.2 Å². The van der Waals surface area contributed by atoms with E-state index in [1.54, 1.807) is 0 Å². The lowest BCUT2D eigenvalue weighted by Crippen LogP contribution is -2.27. The van der Waals surface area contributed by atoms with Crippen molar-refractivity contribution in [1.29, 1.82) is 0 Å². The fourth-order valence-corrected chi connectivity index (χ4v) is 2.79. The van der Waals surface area contributed by atoms with Gasteiger partial charge in [-0.05, 0) is 63.4 Å². The van der Waals surface area contributed by atoms with Crippen molar-refractivity contribution < 1.29 is 9.53 Å². The van der Waals surface area contributed by atoms with E-state index in [-0.39, 0.29) is 5.78 Å². The van der Waals surface area contributed by atoms with Crippen LogP contribution in [0.25, 0.3) is 0 Å². The molecular weight excluding hydrogens is 250 g/mol. The van der Waals surface area contributed by atoms with E-state index in [1.807, 2.05) is 19.9 Å². The predicted molar refractivity (Wildman–Crippen MR) is 81.7 cm³/mol. The number of ketones is 1. The summed E-state index contributed by atoms with van der Waals surface area (Å²) in [5.41, 5.74) is 2.93. The number of likely N-dealkylation sites (tertiary alicyclic amines) is 1. The van der Waals surface area contributed by atoms with Gasteiger partial charge in [-0.15, -0.1) is 0 Å². The Labute approximate surface area is 121 Å². The van der Waals surface area contributed by atoms with Crippen LogP contribution in [0, 0.1) is 13.8 Å². The molecule has 0 radical (unpaired) electrons. The number of nitrogens with zero attached hydrogens (tertiary/aromatic N) is 1. The molecule has 110 valence electrons. The first-order valence-corrected chi connectivity index (χ1v) is 7.61. The number of carbonyl (C=O) groups excluding carboxylic acids is 1. The predicted octanol–water partition coefficient (Wildman–Crippen LogP) is 3.37. The second-order valence-corrected chi connectivity index (χ2v) is 5.71. The first-order valence-electron chi connectivity index (χ1n) is 7.61. The molecule has 1 aliphatic heterocycles. The summed E-state index contributed by atoms with van der Waals surface area (Å²) in [7, 11) is 0. The molecule has 0 amide bonds. The van der Waals surface area contributed by atoms with Gasteiger partial charge in [0.05, 0.1) is 18.7 Å². The number of benzene rings is 1. The van der Waals surface area contributed by atoms with Gasteiger partial charge in [-0.3, -0.25) is 9.69 Å². The molecule has 20 heavy (non-hydrogen) atoms. The van der Waals surface area contributed by atoms with E-state index in [9.17, 15) is 4.79 Å². The van der Waals surface area contributed by atoms with Crippen molar-refractivity contribution >= 4 is 5.78 Å². The molecule has 1 aromatic carbocycles. The summed E-state index contributed by atoms with van der Waals surface area (Å²) in [5, 5.41) is 0. The Hall–Kier alpha value is -1.35. The third kappa shape index (κ3) is 3.60. The number of rotatable bonds is 6. The number of hydrogen-bond donors (Lipinski definition) is 0. The SMILES string of the molecule is CCCOc1c(C)cc(C)cc1C(=O)CN1CCCC1. The van der Waals surface area contributed by atoms with Crippen LogP contribution in [0.15, 0.2) is 12.1 Å². The Balaban J connectivity index is 2.20. The van der Waals surface area contributed by atoms with Gasteiger partial charge in [-0.1, -0.05) is 13.0 Å². The summed E-state index contributed by atoms with van der Waals surface area (Å²) >= 11 is 0. The van der Waals surface area contributed by atoms with E-state index < -0.39 is 0 Å². The Morgan fingerprint density at radius 2 is 1.95 bits per heavy atom. The highest BCUT2D eigenvalue weighted by molar-refractivity contribution is 6.00. The summed E-state index contributed by atoms with van der Waals surface area (Å²) in [6, 6.07) is 4.05. The van der Waals surface area contributed by atoms with Crippen LogP contribution < -0.4 is 4.74 Å². The molecule has 0 atom stereocenters. The van der Waals surface area contributed by atoms with Crippen LogP contribution in [0.3, 0.4) is 0 Å². The van der Waals surface area contributed by atoms with Gasteiger partial charge >= 0.3 is 0 Å². The normalized spacial score (nSPS) is 15.6. The Kier molecular flexibility index (Phi) is 5.18. The zero-order valence-electron chi connectivity index (χ0n) is 12.9. The molecular formula is C17H25NO2. The molecule has 0 bridgehead atoms. The number of carbonyl (C=O) groups is 1. The topological polar surface area (TPSA) is 29.5 Å². The molecule has 0 saturated carbocycles. The zero-order chi connectivity index (χ0) is 14.5. The lowest BCUT2D eigenvalue weighted by atomic mass is 10.0. The van der Waals surface area contributed by atoms with Crippen molar-refractivity contribution in [2.24, 2.45) is 0 Å². The second kappa shape index (κ2) is 6.89. The highest BCUT2D eigenvalue weighted by Gasteiger charge is 2.20. The van der Waals surface area contributed by atoms with Crippen LogP contribution >= 0.6 is 0 Å². The van der Waals surface area contributed by atoms with Gasteiger partial charge in [0.25, 0.3) is 0 Å². The van der Waals surface area contributed by atoms with E-state index in [0.717, 1.165) is 42.0 Å². The van der Waals surface area contributed by atoms with Crippen LogP contribution in [-0.4, -0.2) is 36.9 Å². The maximum Gasteiger partial charge on any atom is 0.180 e. The van der Waals surface area contributed by atoms with Gasteiger partial charge in [0, 0.05) is 0 Å². The van der Waals surface area contributed by atoms with E-state index in [4.69, 9.17) is 4.74 Å². The van der Waals surface area contributed by atoms with Crippen molar-refractivity contribution in [3.05, 3.63) is 28.8 Å². The molecule has 0 unspecified atom stereocenters. The summed E-state index contributed by atoms with van der Waals surface area (Å²) in [6.45, 7) is 9.39. The smallest absolute Gasteiger partial charge is 0.180 e. The van der Waals surface area contributed by atoms with Crippen molar-refractivity contribution in [1.82, 2.24) is 4.90 Å². The van der Waals surface area contributed by atoms with E-state index in [2.05, 4.69) is 17.9 Å². The Morgan fingerprint density at radius 1 is 1.25 bits per heavy atom. The molecule has 0 aromatic heterocycles. The average molecular weight is 275 g/mol. The van der Waals surface area contributed by atoms with Gasteiger partial charge in [0.2, 0.25) is 0 Å². The minimum absolute atomic E-state index is 0.185. The fraction of sp³-hybridized carbons (Fsp3) is 0.588. The van der Waals surface area contributed by atoms with Gasteiger partial charge in [-0.2, -0.15) is 0 Å². The lowest BCUT2D eigenvalue weighted by Gasteiger charge is -2.17. The minimum Gasteiger partial charge on any atom is -0.493 e. The standard InChI is InChI=1S/C17H25NO2/c1-4-9-20-17-14(3)10-13(2)11-15(17)16(19)12-18-7-5-6-8-18/h10-11H,4-9,12H2,1-3H3. The quantitative estimate of drug-likeness (QED) is 0.745. The fourth-order valence-electron chi connectivity index (χ4n) is 2.79. The first-order chi connectivity index (χ1) is 9.61. The minimum atomic E-state index is 0.185. The molecule has 1 heterocycles. The number of aryl methyl sites for hydroxylation is 2. The first kappa shape index (κ1) is 15.0. The van der Waals surface area contributed by atoms with Gasteiger partial charge < -0.3 is 4.74 Å². The molecule has 0 N–H and O–H groups in total. The Morgan fingerprint density at radius 3 is 2.60 bits per heavy atom. The highest BCUT2D eigenvalue weighted by atomic mass is 16.5. The van der Waals surface area contributed by atoms with Crippen molar-refractivity contribution in [3.8, 4) is 5.75 Å². The maximum absolute atomic E-state index is 12.6. The Bertz CT molecular complexity index is 476. The third-order valence-electron chi connectivity index (χ3n) is 3.74. The molecule has 1 aliphatic rings. The third-order valence-corrected chi connectivity index (χ3v) is 3.74. The van der Waals surface area contributed by atoms with Crippen molar-refractivity contribution in [3.63, 3.8) is 0 Å². The van der Waals surface area contributed by atoms with E-state index >= 15 is 0 Å². The van der Waals surface area contributed by atoms with Crippen molar-refractivity contribution in [2.45, 2.75) is 40.0 Å². The molecule has 3 heteroatoms. The van der Waals surface area contributed by atoms with Crippen LogP contribution in [0.4, 0.5) is 0 Å².